The molecule has 0 spiro atoms. The van der Waals surface area contributed by atoms with Crippen LogP contribution in [0.4, 0.5) is 0 Å². The van der Waals surface area contributed by atoms with Gasteiger partial charge in [-0.15, -0.1) is 11.8 Å². The maximum Gasteiger partial charge on any atom is 0.330 e. The van der Waals surface area contributed by atoms with Crippen LogP contribution in [0.5, 0.6) is 0 Å². The van der Waals surface area contributed by atoms with Crippen LogP contribution in [0.25, 0.3) is 10.4 Å². The van der Waals surface area contributed by atoms with Crippen molar-refractivity contribution in [3.05, 3.63) is 114 Å². The highest BCUT2D eigenvalue weighted by atomic mass is 32.2. The normalized spacial score (nSPS) is 23.1. The van der Waals surface area contributed by atoms with Gasteiger partial charge in [0, 0.05) is 40.3 Å². The molecule has 2 aliphatic rings. The van der Waals surface area contributed by atoms with Gasteiger partial charge in [0.05, 0.1) is 18.0 Å². The van der Waals surface area contributed by atoms with E-state index >= 15 is 0 Å². The number of thioether (sulfide) groups is 1. The Labute approximate surface area is 339 Å². The molecular formula is C40H50N8O9S. The van der Waals surface area contributed by atoms with Gasteiger partial charge in [-0.1, -0.05) is 73.6 Å². The summed E-state index contributed by atoms with van der Waals surface area (Å²) in [6, 6.07) is 14.0. The zero-order valence-electron chi connectivity index (χ0n) is 33.2. The van der Waals surface area contributed by atoms with Gasteiger partial charge >= 0.3 is 11.7 Å². The highest BCUT2D eigenvalue weighted by Crippen LogP contribution is 2.39. The summed E-state index contributed by atoms with van der Waals surface area (Å²) in [5.74, 6) is -4.27. The molecule has 0 saturated carbocycles. The van der Waals surface area contributed by atoms with Gasteiger partial charge in [0.2, 0.25) is 11.8 Å². The monoisotopic (exact) mass is 818 g/mol. The number of hydrogen-bond acceptors (Lipinski definition) is 12. The molecule has 5 rings (SSSR count). The Hall–Kier alpha value is -5.26. The lowest BCUT2D eigenvalue weighted by Crippen LogP contribution is -2.55. The fraction of sp³-hybridized carbons (Fsp3) is 0.500. The van der Waals surface area contributed by atoms with E-state index in [1.807, 2.05) is 51.1 Å². The lowest BCUT2D eigenvalue weighted by atomic mass is 9.93. The molecule has 58 heavy (non-hydrogen) atoms. The maximum absolute atomic E-state index is 13.9. The number of esters is 1. The Morgan fingerprint density at radius 1 is 1.07 bits per heavy atom. The Kier molecular flexibility index (Phi) is 14.4. The van der Waals surface area contributed by atoms with Crippen molar-refractivity contribution in [2.24, 2.45) is 17.0 Å². The van der Waals surface area contributed by atoms with E-state index in [1.54, 1.807) is 24.3 Å². The number of Topliss-reactive ketones (excluding diaryl/α,β-unsaturated/α-hetero) is 1. The lowest BCUT2D eigenvalue weighted by molar-refractivity contribution is -0.156. The number of carbonyl (C=O) groups is 4. The van der Waals surface area contributed by atoms with Gasteiger partial charge in [-0.3, -0.25) is 38.8 Å². The minimum atomic E-state index is -1.68. The van der Waals surface area contributed by atoms with Crippen molar-refractivity contribution >= 4 is 35.3 Å². The van der Waals surface area contributed by atoms with E-state index in [0.717, 1.165) is 16.7 Å². The van der Waals surface area contributed by atoms with Crippen LogP contribution in [0.3, 0.4) is 0 Å². The number of aliphatic hydroxyl groups is 1. The zero-order valence-corrected chi connectivity index (χ0v) is 34.0. The first kappa shape index (κ1) is 43.9. The molecule has 2 amide bonds. The smallest absolute Gasteiger partial charge is 0.330 e. The molecule has 18 heteroatoms. The van der Waals surface area contributed by atoms with Crippen molar-refractivity contribution < 1.29 is 33.8 Å². The first-order valence-electron chi connectivity index (χ1n) is 19.0. The van der Waals surface area contributed by atoms with Gasteiger partial charge in [-0.25, -0.2) is 4.79 Å². The topological polar surface area (TPSA) is 247 Å². The van der Waals surface area contributed by atoms with E-state index in [4.69, 9.17) is 15.0 Å². The van der Waals surface area contributed by atoms with Crippen LogP contribution in [-0.2, 0) is 41.6 Å². The Balaban J connectivity index is 1.22. The number of ether oxygens (including phenoxy) is 2. The second-order valence-corrected chi connectivity index (χ2v) is 17.1. The maximum atomic E-state index is 13.9. The van der Waals surface area contributed by atoms with Crippen LogP contribution < -0.4 is 27.2 Å². The summed E-state index contributed by atoms with van der Waals surface area (Å²) in [6.45, 7) is 10.1. The molecule has 5 N–H and O–H groups in total. The molecule has 2 saturated heterocycles. The second kappa shape index (κ2) is 19.0. The molecule has 17 nitrogen and oxygen atoms in total. The van der Waals surface area contributed by atoms with Crippen molar-refractivity contribution in [2.45, 2.75) is 108 Å². The van der Waals surface area contributed by atoms with Gasteiger partial charge < -0.3 is 25.2 Å². The third kappa shape index (κ3) is 10.4. The van der Waals surface area contributed by atoms with Crippen molar-refractivity contribution in [2.75, 3.05) is 6.61 Å². The predicted molar refractivity (Wildman–Crippen MR) is 215 cm³/mol. The van der Waals surface area contributed by atoms with Gasteiger partial charge in [-0.2, -0.15) is 0 Å². The van der Waals surface area contributed by atoms with Crippen molar-refractivity contribution in [3.8, 4) is 0 Å². The number of nitrogens with zero attached hydrogens (tertiary/aromatic N) is 4. The molecule has 0 aliphatic carbocycles. The largest absolute Gasteiger partial charge is 0.463 e. The zero-order chi connectivity index (χ0) is 42.3. The number of azide groups is 1. The fourth-order valence-electron chi connectivity index (χ4n) is 6.91. The number of amides is 2. The summed E-state index contributed by atoms with van der Waals surface area (Å²) in [4.78, 5) is 83.7. The number of nitrogens with one attached hydrogen (secondary N) is 4. The molecule has 3 heterocycles. The Morgan fingerprint density at radius 3 is 2.45 bits per heavy atom. The summed E-state index contributed by atoms with van der Waals surface area (Å²) in [6.07, 6.45) is -2.02. The average molecular weight is 819 g/mol. The summed E-state index contributed by atoms with van der Waals surface area (Å²) < 4.78 is 11.9. The fourth-order valence-corrected chi connectivity index (χ4v) is 8.29. The van der Waals surface area contributed by atoms with Crippen molar-refractivity contribution in [3.63, 3.8) is 0 Å². The van der Waals surface area contributed by atoms with Crippen LogP contribution in [-0.4, -0.2) is 85.3 Å². The highest BCUT2D eigenvalue weighted by molar-refractivity contribution is 8.02. The van der Waals surface area contributed by atoms with Gasteiger partial charge in [0.25, 0.3) is 5.56 Å². The van der Waals surface area contributed by atoms with E-state index in [1.165, 1.54) is 43.3 Å². The first-order valence-corrected chi connectivity index (χ1v) is 19.9. The number of carbonyl (C=O) groups excluding carboxylic acids is 4. The van der Waals surface area contributed by atoms with Gasteiger partial charge in [0.15, 0.2) is 5.78 Å². The standard InChI is InChI=1S/C40H50N8O9S/c1-21-12-10-11-15-26(21)18-42-36(53)33-40(5,6)58-37(44-33)32(50)31(49)28(16-25-13-8-7-9-14-25)43-35(52)23(3)24(4)38(54)56-20-29-27(46-47-41)17-30(57-29)48-19-22(2)34(51)45-39(48)55/h7-15,19,23-24,27-31,33,37,44,49H,16-18,20H2,1-6H3,(H,42,53)(H,43,52)(H,45,51,55)/t23?,24?,27-,28-,29+,30+,31-,33+,37?/m0/s1. The van der Waals surface area contributed by atoms with E-state index in [-0.39, 0.29) is 30.9 Å². The van der Waals surface area contributed by atoms with E-state index in [2.05, 4.69) is 31.0 Å². The van der Waals surface area contributed by atoms with Crippen molar-refractivity contribution in [1.29, 1.82) is 0 Å². The number of aliphatic hydroxyl groups excluding tert-OH is 1. The predicted octanol–water partition coefficient (Wildman–Crippen LogP) is 2.72. The first-order chi connectivity index (χ1) is 27.5. The molecule has 2 aliphatic heterocycles. The molecule has 0 bridgehead atoms. The molecule has 310 valence electrons. The Morgan fingerprint density at radius 2 is 1.76 bits per heavy atom. The van der Waals surface area contributed by atoms with Gasteiger partial charge in [0.1, 0.15) is 36.5 Å². The summed E-state index contributed by atoms with van der Waals surface area (Å²) >= 11 is 1.22. The molecule has 3 aromatic rings. The number of aromatic amines is 1. The molecular weight excluding hydrogens is 769 g/mol. The Bertz CT molecular complexity index is 2150. The summed E-state index contributed by atoms with van der Waals surface area (Å²) in [5, 5.41) is 23.2. The van der Waals surface area contributed by atoms with Crippen LogP contribution >= 0.6 is 11.8 Å². The number of ketones is 1. The third-order valence-corrected chi connectivity index (χ3v) is 12.2. The quantitative estimate of drug-likeness (QED) is 0.0609. The van der Waals surface area contributed by atoms with Crippen LogP contribution in [0.15, 0.2) is 75.5 Å². The molecule has 3 unspecified atom stereocenters. The third-order valence-electron chi connectivity index (χ3n) is 10.8. The SMILES string of the molecule is Cc1ccccc1CNC(=O)[C@H]1NC(C(=O)[C@@H](O)[C@H](Cc2ccccc2)NC(=O)C(C)C(C)C(=O)OC[C@H]2O[C@@H](n3cc(C)c(=O)[nH]c3=O)C[C@@H]2N=[N+]=[N-])SC1(C)C. The number of aryl methyl sites for hydroxylation is 2. The molecule has 2 aromatic carbocycles. The highest BCUT2D eigenvalue weighted by Gasteiger charge is 2.49. The summed E-state index contributed by atoms with van der Waals surface area (Å²) in [7, 11) is 0. The van der Waals surface area contributed by atoms with Crippen LogP contribution in [0.2, 0.25) is 0 Å². The second-order valence-electron chi connectivity index (χ2n) is 15.3. The minimum Gasteiger partial charge on any atom is -0.463 e. The minimum absolute atomic E-state index is 0.0735. The molecule has 1 aromatic heterocycles. The molecule has 2 fully saturated rings. The number of H-pyrrole nitrogens is 1. The van der Waals surface area contributed by atoms with Crippen molar-refractivity contribution in [1.82, 2.24) is 25.5 Å². The average Bonchev–Trinajstić information content (AvgIpc) is 3.75. The van der Waals surface area contributed by atoms with E-state index in [0.29, 0.717) is 6.54 Å². The molecule has 0 radical (unpaired) electrons. The van der Waals surface area contributed by atoms with E-state index in [9.17, 15) is 33.9 Å². The van der Waals surface area contributed by atoms with E-state index < -0.39 is 87.4 Å². The van der Waals surface area contributed by atoms with Crippen LogP contribution in [0.1, 0.15) is 62.6 Å². The number of benzene rings is 2. The number of hydrogen-bond donors (Lipinski definition) is 5. The lowest BCUT2D eigenvalue weighted by Gasteiger charge is -2.28. The van der Waals surface area contributed by atoms with Crippen LogP contribution in [0, 0.1) is 25.7 Å². The van der Waals surface area contributed by atoms with Gasteiger partial charge in [-0.05, 0) is 56.3 Å². The molecule has 9 atom stereocenters. The summed E-state index contributed by atoms with van der Waals surface area (Å²) in [5.41, 5.74) is 10.9. The number of aromatic nitrogens is 2. The number of rotatable bonds is 16.